The molecule has 4 heterocycles. The van der Waals surface area contributed by atoms with Crippen LogP contribution < -0.4 is 0 Å². The molecular formula is C51H29N3O3. The minimum atomic E-state index is 0.543. The van der Waals surface area contributed by atoms with Crippen molar-refractivity contribution in [3.05, 3.63) is 176 Å². The molecule has 0 fully saturated rings. The molecule has 57 heavy (non-hydrogen) atoms. The first-order valence-electron chi connectivity index (χ1n) is 18.9. The van der Waals surface area contributed by atoms with Gasteiger partial charge in [0.25, 0.3) is 0 Å². The zero-order chi connectivity index (χ0) is 37.5. The molecule has 0 spiro atoms. The van der Waals surface area contributed by atoms with Gasteiger partial charge in [0.05, 0.1) is 0 Å². The van der Waals surface area contributed by atoms with E-state index in [9.17, 15) is 0 Å². The zero-order valence-electron chi connectivity index (χ0n) is 30.3. The SMILES string of the molecule is c1ccc(-c2ccc3oc4cc(-c5nc(-c6cccc(-c7ccc8c(c7)oc7ccccc78)c6)nc(-c6ccc7c(c6)oc6ccccc67)n5)ccc4c3c2)cc1. The van der Waals surface area contributed by atoms with Crippen molar-refractivity contribution in [3.63, 3.8) is 0 Å². The second kappa shape index (κ2) is 12.3. The lowest BCUT2D eigenvalue weighted by Gasteiger charge is -2.10. The topological polar surface area (TPSA) is 78.1 Å². The van der Waals surface area contributed by atoms with Crippen LogP contribution in [0, 0.1) is 0 Å². The van der Waals surface area contributed by atoms with Gasteiger partial charge in [0.1, 0.15) is 33.5 Å². The Hall–Kier alpha value is -7.83. The van der Waals surface area contributed by atoms with Crippen molar-refractivity contribution in [2.45, 2.75) is 0 Å². The highest BCUT2D eigenvalue weighted by Crippen LogP contribution is 2.37. The fourth-order valence-corrected chi connectivity index (χ4v) is 8.10. The molecule has 4 aromatic heterocycles. The van der Waals surface area contributed by atoms with Gasteiger partial charge < -0.3 is 13.3 Å². The van der Waals surface area contributed by atoms with E-state index >= 15 is 0 Å². The van der Waals surface area contributed by atoms with Crippen molar-refractivity contribution in [3.8, 4) is 56.4 Å². The summed E-state index contributed by atoms with van der Waals surface area (Å²) >= 11 is 0. The summed E-state index contributed by atoms with van der Waals surface area (Å²) in [5, 5.41) is 6.41. The number of rotatable bonds is 5. The van der Waals surface area contributed by atoms with Gasteiger partial charge in [0.15, 0.2) is 17.5 Å². The summed E-state index contributed by atoms with van der Waals surface area (Å²) in [7, 11) is 0. The maximum atomic E-state index is 6.44. The van der Waals surface area contributed by atoms with Gasteiger partial charge in [-0.15, -0.1) is 0 Å². The van der Waals surface area contributed by atoms with E-state index in [1.807, 2.05) is 72.8 Å². The summed E-state index contributed by atoms with van der Waals surface area (Å²) in [6.45, 7) is 0. The molecule has 8 aromatic carbocycles. The van der Waals surface area contributed by atoms with Crippen LogP contribution in [0.15, 0.2) is 189 Å². The summed E-state index contributed by atoms with van der Waals surface area (Å²) in [5.74, 6) is 1.65. The maximum Gasteiger partial charge on any atom is 0.164 e. The predicted octanol–water partition coefficient (Wildman–Crippen LogP) is 13.9. The van der Waals surface area contributed by atoms with Crippen LogP contribution in [0.25, 0.3) is 122 Å². The van der Waals surface area contributed by atoms with Gasteiger partial charge in [-0.2, -0.15) is 0 Å². The number of fused-ring (bicyclic) bond motifs is 9. The van der Waals surface area contributed by atoms with Gasteiger partial charge >= 0.3 is 0 Å². The number of para-hydroxylation sites is 2. The second-order valence-corrected chi connectivity index (χ2v) is 14.4. The Balaban J connectivity index is 0.999. The van der Waals surface area contributed by atoms with Gasteiger partial charge in [-0.1, -0.05) is 109 Å². The normalized spacial score (nSPS) is 11.9. The highest BCUT2D eigenvalue weighted by atomic mass is 16.3. The van der Waals surface area contributed by atoms with E-state index in [1.54, 1.807) is 0 Å². The Bertz CT molecular complexity index is 3540. The minimum Gasteiger partial charge on any atom is -0.456 e. The monoisotopic (exact) mass is 731 g/mol. The highest BCUT2D eigenvalue weighted by molar-refractivity contribution is 6.08. The number of hydrogen-bond acceptors (Lipinski definition) is 6. The largest absolute Gasteiger partial charge is 0.456 e. The van der Waals surface area contributed by atoms with Crippen LogP contribution in [-0.4, -0.2) is 15.0 Å². The van der Waals surface area contributed by atoms with Crippen LogP contribution in [-0.2, 0) is 0 Å². The van der Waals surface area contributed by atoms with Crippen molar-refractivity contribution in [2.24, 2.45) is 0 Å². The molecule has 0 unspecified atom stereocenters. The summed E-state index contributed by atoms with van der Waals surface area (Å²) in [4.78, 5) is 15.3. The molecule has 6 heteroatoms. The average Bonchev–Trinajstić information content (AvgIpc) is 3.96. The lowest BCUT2D eigenvalue weighted by atomic mass is 10.0. The van der Waals surface area contributed by atoms with Crippen LogP contribution >= 0.6 is 0 Å². The molecule has 0 N–H and O–H groups in total. The highest BCUT2D eigenvalue weighted by Gasteiger charge is 2.18. The number of benzene rings is 8. The van der Waals surface area contributed by atoms with Crippen LogP contribution in [0.1, 0.15) is 0 Å². The number of aromatic nitrogens is 3. The van der Waals surface area contributed by atoms with E-state index < -0.39 is 0 Å². The summed E-state index contributed by atoms with van der Waals surface area (Å²) in [6, 6.07) is 60.0. The minimum absolute atomic E-state index is 0.543. The molecule has 0 aliphatic carbocycles. The Morgan fingerprint density at radius 1 is 0.228 bits per heavy atom. The molecule has 0 aliphatic heterocycles. The van der Waals surface area contributed by atoms with Crippen LogP contribution in [0.2, 0.25) is 0 Å². The molecule has 6 nitrogen and oxygen atoms in total. The van der Waals surface area contributed by atoms with Crippen LogP contribution in [0.3, 0.4) is 0 Å². The van der Waals surface area contributed by atoms with Crippen LogP contribution in [0.4, 0.5) is 0 Å². The Kier molecular flexibility index (Phi) is 6.83. The zero-order valence-corrected chi connectivity index (χ0v) is 30.3. The fraction of sp³-hybridized carbons (Fsp3) is 0. The molecule has 12 rings (SSSR count). The smallest absolute Gasteiger partial charge is 0.164 e. The molecule has 266 valence electrons. The molecule has 0 saturated carbocycles. The third-order valence-electron chi connectivity index (χ3n) is 10.9. The third kappa shape index (κ3) is 5.23. The first kappa shape index (κ1) is 31.5. The van der Waals surface area contributed by atoms with Crippen LogP contribution in [0.5, 0.6) is 0 Å². The Labute approximate surface area is 325 Å². The van der Waals surface area contributed by atoms with E-state index in [4.69, 9.17) is 28.2 Å². The predicted molar refractivity (Wildman–Crippen MR) is 229 cm³/mol. The van der Waals surface area contributed by atoms with Crippen molar-refractivity contribution >= 4 is 65.8 Å². The van der Waals surface area contributed by atoms with Gasteiger partial charge in [-0.05, 0) is 89.0 Å². The first-order valence-corrected chi connectivity index (χ1v) is 18.9. The fourth-order valence-electron chi connectivity index (χ4n) is 8.10. The van der Waals surface area contributed by atoms with Crippen molar-refractivity contribution in [1.29, 1.82) is 0 Å². The Morgan fingerprint density at radius 2 is 0.614 bits per heavy atom. The second-order valence-electron chi connectivity index (χ2n) is 14.4. The molecule has 0 bridgehead atoms. The summed E-state index contributed by atoms with van der Waals surface area (Å²) in [6.07, 6.45) is 0. The van der Waals surface area contributed by atoms with E-state index in [1.165, 1.54) is 0 Å². The van der Waals surface area contributed by atoms with Gasteiger partial charge in [0.2, 0.25) is 0 Å². The summed E-state index contributed by atoms with van der Waals surface area (Å²) < 4.78 is 19.0. The van der Waals surface area contributed by atoms with Gasteiger partial charge in [0, 0.05) is 49.0 Å². The van der Waals surface area contributed by atoms with Crippen molar-refractivity contribution < 1.29 is 13.3 Å². The first-order chi connectivity index (χ1) is 28.2. The van der Waals surface area contributed by atoms with E-state index in [2.05, 4.69) is 103 Å². The van der Waals surface area contributed by atoms with E-state index in [0.29, 0.717) is 17.5 Å². The third-order valence-corrected chi connectivity index (χ3v) is 10.9. The number of furan rings is 3. The van der Waals surface area contributed by atoms with Crippen molar-refractivity contribution in [2.75, 3.05) is 0 Å². The standard InChI is InChI=1S/C51H29N3O3/c1-2-9-30(10-3-1)32-20-24-45-42(26-32)41-23-19-36(29-48(41)57-45)51-53-49(52-50(54-51)35-18-22-40-38-14-5-7-16-44(38)56-47(40)28-35)34-12-8-11-31(25-34)33-17-21-39-37-13-4-6-15-43(37)55-46(39)27-33/h1-29H. The van der Waals surface area contributed by atoms with Gasteiger partial charge in [-0.25, -0.2) is 15.0 Å². The molecule has 0 atom stereocenters. The van der Waals surface area contributed by atoms with Gasteiger partial charge in [-0.3, -0.25) is 0 Å². The molecule has 0 radical (unpaired) electrons. The summed E-state index contributed by atoms with van der Waals surface area (Å²) in [5.41, 5.74) is 11.8. The molecule has 0 aliphatic rings. The molecule has 0 saturated heterocycles. The maximum absolute atomic E-state index is 6.44. The molecule has 12 aromatic rings. The lowest BCUT2D eigenvalue weighted by Crippen LogP contribution is -2.00. The van der Waals surface area contributed by atoms with E-state index in [0.717, 1.165) is 105 Å². The molecule has 0 amide bonds. The number of hydrogen-bond donors (Lipinski definition) is 0. The lowest BCUT2D eigenvalue weighted by molar-refractivity contribution is 0.668. The van der Waals surface area contributed by atoms with Crippen molar-refractivity contribution in [1.82, 2.24) is 15.0 Å². The Morgan fingerprint density at radius 3 is 1.23 bits per heavy atom. The quantitative estimate of drug-likeness (QED) is 0.175. The average molecular weight is 732 g/mol. The number of nitrogens with zero attached hydrogens (tertiary/aromatic N) is 3. The van der Waals surface area contributed by atoms with E-state index in [-0.39, 0.29) is 0 Å². The molecular weight excluding hydrogens is 703 g/mol.